The molecule has 3 heterocycles. The van der Waals surface area contributed by atoms with Crippen LogP contribution in [0.1, 0.15) is 45.3 Å². The number of carbonyl (C=O) groups is 2. The molecule has 1 aliphatic rings. The van der Waals surface area contributed by atoms with Crippen LogP contribution < -0.4 is 26.0 Å². The van der Waals surface area contributed by atoms with Crippen LogP contribution in [0.5, 0.6) is 11.6 Å². The maximum atomic E-state index is 13.6. The van der Waals surface area contributed by atoms with Crippen molar-refractivity contribution in [2.24, 2.45) is 0 Å². The smallest absolute Gasteiger partial charge is 0.324 e. The first-order valence-electron chi connectivity index (χ1n) is 19.2. The maximum absolute atomic E-state index is 13.6. The Balaban J connectivity index is 1.01. The molecule has 0 aliphatic carbocycles. The Kier molecular flexibility index (Phi) is 12.9. The van der Waals surface area contributed by atoms with E-state index in [9.17, 15) is 9.59 Å². The van der Waals surface area contributed by atoms with E-state index in [1.54, 1.807) is 35.1 Å². The molecular formula is C43H47IN10O3. The topological polar surface area (TPSA) is 142 Å². The van der Waals surface area contributed by atoms with Gasteiger partial charge in [0.1, 0.15) is 11.6 Å². The number of urea groups is 1. The van der Waals surface area contributed by atoms with Gasteiger partial charge in [-0.1, -0.05) is 84.0 Å². The molecule has 13 nitrogen and oxygen atoms in total. The molecule has 0 bridgehead atoms. The number of aromatic nitrogens is 4. The standard InChI is InChI=1S/C43H47IN10O3/c1-4-8-35(44)37-28-39(54(51-37)32-15-13-29(2)14-16-32)49-43(56)48-36-17-18-38(34-12-6-5-11-33(34)36)57-40-19-20-46-42(50-40)47-31-10-7-9-30(27-31)41(55)45-21-22-53-25-23-52(3)24-26-53/h5-7,9-20,27-28,35H,4,8,21-26H2,1-3H3,(H,45,55)(H,46,47,50)(H2,48,49,56). The van der Waals surface area contributed by atoms with Crippen molar-refractivity contribution in [1.82, 2.24) is 34.9 Å². The fraction of sp³-hybridized carbons (Fsp3) is 0.279. The van der Waals surface area contributed by atoms with Gasteiger partial charge in [-0.2, -0.15) is 10.1 Å². The quantitative estimate of drug-likeness (QED) is 0.0626. The molecule has 7 rings (SSSR count). The Hall–Kier alpha value is -5.58. The Morgan fingerprint density at radius 2 is 1.68 bits per heavy atom. The second-order valence-corrected chi connectivity index (χ2v) is 15.6. The third-order valence-corrected chi connectivity index (χ3v) is 11.0. The second-order valence-electron chi connectivity index (χ2n) is 14.1. The summed E-state index contributed by atoms with van der Waals surface area (Å²) in [7, 11) is 2.13. The van der Waals surface area contributed by atoms with Gasteiger partial charge < -0.3 is 25.6 Å². The third-order valence-electron chi connectivity index (χ3n) is 9.78. The number of alkyl halides is 1. The minimum absolute atomic E-state index is 0.132. The number of hydrogen-bond donors (Lipinski definition) is 4. The SMILES string of the molecule is CCCC(I)c1cc(NC(=O)Nc2ccc(Oc3ccnc(Nc4cccc(C(=O)NCCN5CCN(C)CC5)c4)n3)c3ccccc23)n(-c2ccc(C)cc2)n1. The van der Waals surface area contributed by atoms with Gasteiger partial charge in [-0.15, -0.1) is 0 Å². The zero-order valence-electron chi connectivity index (χ0n) is 32.3. The van der Waals surface area contributed by atoms with Gasteiger partial charge in [0.05, 0.1) is 21.0 Å². The molecule has 1 unspecified atom stereocenters. The summed E-state index contributed by atoms with van der Waals surface area (Å²) in [5.74, 6) is 1.64. The lowest BCUT2D eigenvalue weighted by Gasteiger charge is -2.32. The van der Waals surface area contributed by atoms with Crippen LogP contribution in [0.2, 0.25) is 0 Å². The molecule has 4 N–H and O–H groups in total. The summed E-state index contributed by atoms with van der Waals surface area (Å²) < 4.78 is 8.30. The molecule has 0 spiro atoms. The molecular weight excluding hydrogens is 831 g/mol. The number of halogens is 1. The number of nitrogens with zero attached hydrogens (tertiary/aromatic N) is 6. The molecule has 3 amide bonds. The fourth-order valence-electron chi connectivity index (χ4n) is 6.61. The normalized spacial score (nSPS) is 13.9. The molecule has 1 aliphatic heterocycles. The van der Waals surface area contributed by atoms with E-state index in [1.165, 1.54) is 0 Å². The summed E-state index contributed by atoms with van der Waals surface area (Å²) in [5.41, 5.74) is 4.74. The first-order chi connectivity index (χ1) is 27.7. The molecule has 0 saturated carbocycles. The van der Waals surface area contributed by atoms with Gasteiger partial charge in [0.15, 0.2) is 0 Å². The number of likely N-dealkylation sites (N-methyl/N-ethyl adjacent to an activating group) is 1. The molecule has 57 heavy (non-hydrogen) atoms. The predicted octanol–water partition coefficient (Wildman–Crippen LogP) is 8.56. The summed E-state index contributed by atoms with van der Waals surface area (Å²) in [6.07, 6.45) is 3.62. The van der Waals surface area contributed by atoms with Crippen LogP contribution in [0.15, 0.2) is 103 Å². The van der Waals surface area contributed by atoms with Crippen molar-refractivity contribution in [3.63, 3.8) is 0 Å². The number of anilines is 4. The van der Waals surface area contributed by atoms with Crippen molar-refractivity contribution in [3.8, 4) is 17.3 Å². The number of nitrogens with one attached hydrogen (secondary N) is 4. The lowest BCUT2D eigenvalue weighted by Crippen LogP contribution is -2.46. The first kappa shape index (κ1) is 39.6. The highest BCUT2D eigenvalue weighted by Crippen LogP contribution is 2.35. The van der Waals surface area contributed by atoms with Crippen LogP contribution in [-0.4, -0.2) is 87.8 Å². The Bertz CT molecular complexity index is 2320. The molecule has 294 valence electrons. The Morgan fingerprint density at radius 3 is 2.47 bits per heavy atom. The number of amides is 3. The molecule has 1 saturated heterocycles. The third kappa shape index (κ3) is 10.2. The number of carbonyl (C=O) groups excluding carboxylic acids is 2. The number of aryl methyl sites for hydroxylation is 1. The molecule has 6 aromatic rings. The highest BCUT2D eigenvalue weighted by Gasteiger charge is 2.19. The number of benzene rings is 4. The van der Waals surface area contributed by atoms with Crippen LogP contribution in [0, 0.1) is 6.92 Å². The van der Waals surface area contributed by atoms with Crippen molar-refractivity contribution in [1.29, 1.82) is 0 Å². The van der Waals surface area contributed by atoms with E-state index in [0.29, 0.717) is 46.9 Å². The van der Waals surface area contributed by atoms with Crippen LogP contribution in [0.25, 0.3) is 16.5 Å². The fourth-order valence-corrected chi connectivity index (χ4v) is 7.53. The highest BCUT2D eigenvalue weighted by atomic mass is 127. The molecule has 1 fully saturated rings. The van der Waals surface area contributed by atoms with E-state index in [4.69, 9.17) is 9.84 Å². The lowest BCUT2D eigenvalue weighted by molar-refractivity contribution is 0.0941. The minimum atomic E-state index is -0.396. The van der Waals surface area contributed by atoms with Gasteiger partial charge in [-0.3, -0.25) is 15.0 Å². The average Bonchev–Trinajstić information content (AvgIpc) is 3.63. The predicted molar refractivity (Wildman–Crippen MR) is 235 cm³/mol. The van der Waals surface area contributed by atoms with Crippen molar-refractivity contribution in [2.45, 2.75) is 30.6 Å². The minimum Gasteiger partial charge on any atom is -0.438 e. The Morgan fingerprint density at radius 1 is 0.895 bits per heavy atom. The number of ether oxygens (including phenoxy) is 1. The van der Waals surface area contributed by atoms with Crippen LogP contribution in [0.4, 0.5) is 27.9 Å². The van der Waals surface area contributed by atoms with Crippen molar-refractivity contribution in [2.75, 3.05) is 62.3 Å². The largest absolute Gasteiger partial charge is 0.438 e. The summed E-state index contributed by atoms with van der Waals surface area (Å²) in [6.45, 7) is 9.70. The van der Waals surface area contributed by atoms with E-state index < -0.39 is 6.03 Å². The van der Waals surface area contributed by atoms with Gasteiger partial charge >= 0.3 is 6.03 Å². The van der Waals surface area contributed by atoms with E-state index in [0.717, 1.165) is 73.3 Å². The second kappa shape index (κ2) is 18.6. The Labute approximate surface area is 346 Å². The van der Waals surface area contributed by atoms with Gasteiger partial charge in [-0.25, -0.2) is 14.5 Å². The molecule has 1 atom stereocenters. The number of piperazine rings is 1. The highest BCUT2D eigenvalue weighted by molar-refractivity contribution is 14.1. The average molecular weight is 879 g/mol. The van der Waals surface area contributed by atoms with Crippen molar-refractivity contribution < 1.29 is 14.3 Å². The zero-order chi connectivity index (χ0) is 39.7. The number of rotatable bonds is 14. The van der Waals surface area contributed by atoms with Gasteiger partial charge in [0.25, 0.3) is 5.91 Å². The van der Waals surface area contributed by atoms with Crippen molar-refractivity contribution >= 4 is 68.4 Å². The molecule has 0 radical (unpaired) electrons. The first-order valence-corrected chi connectivity index (χ1v) is 20.4. The number of fused-ring (bicyclic) bond motifs is 1. The van der Waals surface area contributed by atoms with E-state index >= 15 is 0 Å². The van der Waals surface area contributed by atoms with E-state index in [2.05, 4.69) is 77.6 Å². The van der Waals surface area contributed by atoms with Crippen LogP contribution in [0.3, 0.4) is 0 Å². The van der Waals surface area contributed by atoms with Crippen LogP contribution in [-0.2, 0) is 0 Å². The number of hydrogen-bond acceptors (Lipinski definition) is 9. The van der Waals surface area contributed by atoms with Gasteiger partial charge in [-0.05, 0) is 62.9 Å². The summed E-state index contributed by atoms with van der Waals surface area (Å²) in [4.78, 5) is 40.2. The molecule has 14 heteroatoms. The van der Waals surface area contributed by atoms with E-state index in [-0.39, 0.29) is 9.83 Å². The summed E-state index contributed by atoms with van der Waals surface area (Å²) in [5, 5.41) is 18.8. The van der Waals surface area contributed by atoms with Crippen molar-refractivity contribution in [3.05, 3.63) is 120 Å². The van der Waals surface area contributed by atoms with Gasteiger partial charge in [0, 0.05) is 79.6 Å². The monoisotopic (exact) mass is 878 g/mol. The molecule has 2 aromatic heterocycles. The van der Waals surface area contributed by atoms with Gasteiger partial charge in [0.2, 0.25) is 11.8 Å². The summed E-state index contributed by atoms with van der Waals surface area (Å²) in [6, 6.07) is 29.8. The molecule has 4 aromatic carbocycles. The lowest BCUT2D eigenvalue weighted by atomic mass is 10.1. The van der Waals surface area contributed by atoms with E-state index in [1.807, 2.05) is 79.7 Å². The van der Waals surface area contributed by atoms with Crippen LogP contribution >= 0.6 is 22.6 Å². The summed E-state index contributed by atoms with van der Waals surface area (Å²) >= 11 is 2.41. The maximum Gasteiger partial charge on any atom is 0.324 e. The zero-order valence-corrected chi connectivity index (χ0v) is 34.5.